The van der Waals surface area contributed by atoms with E-state index in [9.17, 15) is 0 Å². The van der Waals surface area contributed by atoms with Crippen LogP contribution in [0, 0.1) is 0 Å². The molecule has 0 aliphatic heterocycles. The van der Waals surface area contributed by atoms with Gasteiger partial charge in [-0.25, -0.2) is 9.97 Å². The van der Waals surface area contributed by atoms with E-state index >= 15 is 0 Å². The lowest BCUT2D eigenvalue weighted by molar-refractivity contribution is 0.377. The molecule has 0 aliphatic carbocycles. The number of thiazole rings is 2. The molecule has 168 valence electrons. The number of aromatic nitrogens is 2. The molecule has 0 bridgehead atoms. The summed E-state index contributed by atoms with van der Waals surface area (Å²) in [7, 11) is 9.61. The lowest BCUT2D eigenvalue weighted by Crippen LogP contribution is -1.95. The van der Waals surface area contributed by atoms with Crippen molar-refractivity contribution in [3.05, 3.63) is 24.3 Å². The maximum absolute atomic E-state index is 5.58. The van der Waals surface area contributed by atoms with Crippen LogP contribution in [-0.2, 0) is 0 Å². The van der Waals surface area contributed by atoms with Crippen molar-refractivity contribution in [1.82, 2.24) is 9.97 Å². The summed E-state index contributed by atoms with van der Waals surface area (Å²) in [6, 6.07) is 7.22. The maximum Gasteiger partial charge on any atom is 0.155 e. The number of ether oxygens (including phenoxy) is 6. The zero-order valence-corrected chi connectivity index (χ0v) is 20.1. The minimum Gasteiger partial charge on any atom is -0.496 e. The molecule has 4 rings (SSSR count). The summed E-state index contributed by atoms with van der Waals surface area (Å²) in [5, 5.41) is 1.49. The van der Waals surface area contributed by atoms with Gasteiger partial charge in [-0.3, -0.25) is 0 Å². The topological polar surface area (TPSA) is 81.2 Å². The molecular formula is C22H22N2O6S2. The van der Waals surface area contributed by atoms with Crippen LogP contribution >= 0.6 is 22.7 Å². The van der Waals surface area contributed by atoms with E-state index in [-0.39, 0.29) is 0 Å². The number of fused-ring (bicyclic) bond motifs is 1. The second kappa shape index (κ2) is 9.09. The molecule has 8 nitrogen and oxygen atoms in total. The van der Waals surface area contributed by atoms with E-state index in [0.29, 0.717) is 34.5 Å². The van der Waals surface area contributed by atoms with E-state index in [1.165, 1.54) is 22.7 Å². The van der Waals surface area contributed by atoms with E-state index in [0.717, 1.165) is 30.8 Å². The first-order valence-corrected chi connectivity index (χ1v) is 11.1. The van der Waals surface area contributed by atoms with Gasteiger partial charge in [-0.05, 0) is 0 Å². The molecular weight excluding hydrogens is 452 g/mol. The van der Waals surface area contributed by atoms with Crippen LogP contribution in [0.4, 0.5) is 0 Å². The average Bonchev–Trinajstić information content (AvgIpc) is 3.40. The van der Waals surface area contributed by atoms with Gasteiger partial charge >= 0.3 is 0 Å². The number of hydrogen-bond acceptors (Lipinski definition) is 10. The highest BCUT2D eigenvalue weighted by molar-refractivity contribution is 7.29. The van der Waals surface area contributed by atoms with Crippen molar-refractivity contribution in [2.75, 3.05) is 42.7 Å². The molecule has 0 radical (unpaired) electrons. The van der Waals surface area contributed by atoms with Gasteiger partial charge in [0.25, 0.3) is 0 Å². The molecule has 0 amide bonds. The van der Waals surface area contributed by atoms with Crippen LogP contribution in [0.1, 0.15) is 0 Å². The molecule has 10 heteroatoms. The Morgan fingerprint density at radius 1 is 0.500 bits per heavy atom. The third kappa shape index (κ3) is 3.76. The van der Waals surface area contributed by atoms with E-state index in [1.807, 2.05) is 0 Å². The van der Waals surface area contributed by atoms with Gasteiger partial charge in [-0.15, -0.1) is 0 Å². The molecule has 0 aliphatic rings. The van der Waals surface area contributed by atoms with Crippen molar-refractivity contribution in [3.63, 3.8) is 0 Å². The first-order chi connectivity index (χ1) is 15.6. The van der Waals surface area contributed by atoms with Crippen LogP contribution < -0.4 is 28.4 Å². The van der Waals surface area contributed by atoms with Crippen molar-refractivity contribution in [3.8, 4) is 55.6 Å². The SMILES string of the molecule is COc1cc(OC)c(-c2nc3sc(-c4c(OC)cc(OC)cc4OC)nc3s2)c(OC)c1. The monoisotopic (exact) mass is 474 g/mol. The second-order valence-electron chi connectivity index (χ2n) is 6.46. The molecule has 0 saturated heterocycles. The molecule has 0 N–H and O–H groups in total. The lowest BCUT2D eigenvalue weighted by Gasteiger charge is -2.13. The predicted molar refractivity (Wildman–Crippen MR) is 125 cm³/mol. The third-order valence-corrected chi connectivity index (χ3v) is 6.90. The Hall–Kier alpha value is -3.24. The molecule has 4 aromatic rings. The van der Waals surface area contributed by atoms with Crippen LogP contribution in [0.5, 0.6) is 34.5 Å². The van der Waals surface area contributed by atoms with Crippen molar-refractivity contribution in [1.29, 1.82) is 0 Å². The van der Waals surface area contributed by atoms with Crippen LogP contribution in [-0.4, -0.2) is 52.6 Å². The summed E-state index contributed by atoms with van der Waals surface area (Å²) in [5.74, 6) is 3.73. The molecule has 0 saturated carbocycles. The lowest BCUT2D eigenvalue weighted by atomic mass is 10.1. The van der Waals surface area contributed by atoms with Gasteiger partial charge in [0.1, 0.15) is 44.5 Å². The minimum atomic E-state index is 0.612. The first kappa shape index (κ1) is 22.0. The number of methoxy groups -OCH3 is 6. The Morgan fingerprint density at radius 2 is 0.812 bits per heavy atom. The maximum atomic E-state index is 5.58. The van der Waals surface area contributed by atoms with Gasteiger partial charge in [0.15, 0.2) is 9.66 Å². The first-order valence-electron chi connectivity index (χ1n) is 9.44. The second-order valence-corrected chi connectivity index (χ2v) is 8.42. The Kier molecular flexibility index (Phi) is 6.24. The molecule has 0 unspecified atom stereocenters. The summed E-state index contributed by atoms with van der Waals surface area (Å²) in [4.78, 5) is 11.2. The average molecular weight is 475 g/mol. The van der Waals surface area contributed by atoms with Gasteiger partial charge in [-0.1, -0.05) is 22.7 Å². The highest BCUT2D eigenvalue weighted by Crippen LogP contribution is 2.48. The summed E-state index contributed by atoms with van der Waals surface area (Å²) in [6.45, 7) is 0. The largest absolute Gasteiger partial charge is 0.496 e. The van der Waals surface area contributed by atoms with Crippen molar-refractivity contribution < 1.29 is 28.4 Å². The Morgan fingerprint density at radius 3 is 1.06 bits per heavy atom. The van der Waals surface area contributed by atoms with E-state index in [1.54, 1.807) is 66.9 Å². The summed E-state index contributed by atoms with van der Waals surface area (Å²) < 4.78 is 33.0. The van der Waals surface area contributed by atoms with Crippen molar-refractivity contribution in [2.24, 2.45) is 0 Å². The van der Waals surface area contributed by atoms with E-state index in [4.69, 9.17) is 38.4 Å². The Bertz CT molecular complexity index is 1090. The smallest absolute Gasteiger partial charge is 0.155 e. The predicted octanol–water partition coefficient (Wildman–Crippen LogP) is 5.14. The van der Waals surface area contributed by atoms with Crippen LogP contribution in [0.2, 0.25) is 0 Å². The van der Waals surface area contributed by atoms with Gasteiger partial charge in [0.2, 0.25) is 0 Å². The normalized spacial score (nSPS) is 10.8. The van der Waals surface area contributed by atoms with Gasteiger partial charge < -0.3 is 28.4 Å². The number of nitrogens with zero attached hydrogens (tertiary/aromatic N) is 2. The molecule has 0 fully saturated rings. The van der Waals surface area contributed by atoms with Crippen LogP contribution in [0.25, 0.3) is 30.8 Å². The van der Waals surface area contributed by atoms with Gasteiger partial charge in [0, 0.05) is 24.3 Å². The molecule has 0 spiro atoms. The summed E-state index contributed by atoms with van der Waals surface area (Å²) in [5.41, 5.74) is 1.51. The molecule has 0 atom stereocenters. The van der Waals surface area contributed by atoms with Gasteiger partial charge in [0.05, 0.1) is 53.8 Å². The molecule has 2 aromatic carbocycles. The number of rotatable bonds is 8. The Balaban J connectivity index is 1.83. The van der Waals surface area contributed by atoms with Crippen molar-refractivity contribution in [2.45, 2.75) is 0 Å². The third-order valence-electron chi connectivity index (χ3n) is 4.83. The highest BCUT2D eigenvalue weighted by atomic mass is 32.1. The fourth-order valence-corrected chi connectivity index (χ4v) is 5.44. The summed E-state index contributed by atoms with van der Waals surface area (Å²) >= 11 is 2.91. The Labute approximate surface area is 193 Å². The van der Waals surface area contributed by atoms with Crippen LogP contribution in [0.3, 0.4) is 0 Å². The fourth-order valence-electron chi connectivity index (χ4n) is 3.29. The number of benzene rings is 2. The van der Waals surface area contributed by atoms with Gasteiger partial charge in [-0.2, -0.15) is 0 Å². The zero-order chi connectivity index (χ0) is 22.8. The molecule has 2 heterocycles. The molecule has 2 aromatic heterocycles. The van der Waals surface area contributed by atoms with E-state index in [2.05, 4.69) is 0 Å². The summed E-state index contributed by atoms with van der Waals surface area (Å²) in [6.07, 6.45) is 0. The van der Waals surface area contributed by atoms with Crippen molar-refractivity contribution >= 4 is 32.3 Å². The quantitative estimate of drug-likeness (QED) is 0.347. The zero-order valence-electron chi connectivity index (χ0n) is 18.5. The fraction of sp³-hybridized carbons (Fsp3) is 0.273. The minimum absolute atomic E-state index is 0.612. The van der Waals surface area contributed by atoms with E-state index < -0.39 is 0 Å². The number of hydrogen-bond donors (Lipinski definition) is 0. The standard InChI is InChI=1S/C22H22N2O6S2/c1-25-11-7-13(27-3)17(14(8-11)28-4)19-23-21-22(31-19)24-20(32-21)18-15(29-5)9-12(26-2)10-16(18)30-6/h7-10H,1-6H3. The van der Waals surface area contributed by atoms with Crippen LogP contribution in [0.15, 0.2) is 24.3 Å². The highest BCUT2D eigenvalue weighted by Gasteiger charge is 2.23. The molecule has 32 heavy (non-hydrogen) atoms.